The normalized spacial score (nSPS) is 24.0. The van der Waals surface area contributed by atoms with Crippen LogP contribution >= 0.6 is 23.2 Å². The number of benzene rings is 2. The van der Waals surface area contributed by atoms with Gasteiger partial charge in [0.2, 0.25) is 0 Å². The van der Waals surface area contributed by atoms with Crippen molar-refractivity contribution in [3.63, 3.8) is 0 Å². The fraction of sp³-hybridized carbons (Fsp3) is 0.552. The summed E-state index contributed by atoms with van der Waals surface area (Å²) in [5.74, 6) is 0.0850. The van der Waals surface area contributed by atoms with E-state index in [1.54, 1.807) is 17.9 Å². The second-order valence-corrected chi connectivity index (χ2v) is 11.8. The number of hydrogen-bond acceptors (Lipinski definition) is 5. The van der Waals surface area contributed by atoms with Crippen molar-refractivity contribution in [1.82, 2.24) is 9.80 Å². The topological polar surface area (TPSA) is 62.2 Å². The molecule has 3 aliphatic rings. The summed E-state index contributed by atoms with van der Waals surface area (Å²) in [6.45, 7) is 6.74. The third-order valence-electron chi connectivity index (χ3n) is 8.20. The zero-order valence-corrected chi connectivity index (χ0v) is 23.3. The number of likely N-dealkylation sites (tertiary alicyclic amines) is 1. The van der Waals surface area contributed by atoms with Crippen molar-refractivity contribution in [1.29, 1.82) is 0 Å². The highest BCUT2D eigenvalue weighted by Gasteiger charge is 2.38. The molecule has 1 aliphatic carbocycles. The lowest BCUT2D eigenvalue weighted by molar-refractivity contribution is -0.143. The molecule has 0 aromatic heterocycles. The molecule has 2 saturated heterocycles. The Hall–Kier alpha value is -1.90. The van der Waals surface area contributed by atoms with E-state index in [-0.39, 0.29) is 25.1 Å². The summed E-state index contributed by atoms with van der Waals surface area (Å²) >= 11 is 12.4. The minimum atomic E-state index is -0.949. The Kier molecular flexibility index (Phi) is 8.51. The average molecular weight is 566 g/mol. The van der Waals surface area contributed by atoms with Crippen molar-refractivity contribution in [2.24, 2.45) is 5.92 Å². The smallest absolute Gasteiger partial charge is 0.323 e. The van der Waals surface area contributed by atoms with Crippen LogP contribution < -0.4 is 4.74 Å². The van der Waals surface area contributed by atoms with Crippen LogP contribution in [0.5, 0.6) is 5.75 Å². The molecule has 206 valence electrons. The molecule has 3 atom stereocenters. The van der Waals surface area contributed by atoms with Gasteiger partial charge in [-0.15, -0.1) is 0 Å². The van der Waals surface area contributed by atoms with E-state index in [0.29, 0.717) is 39.8 Å². The molecule has 0 radical (unpaired) electrons. The van der Waals surface area contributed by atoms with Crippen molar-refractivity contribution >= 4 is 29.2 Å². The molecule has 0 unspecified atom stereocenters. The van der Waals surface area contributed by atoms with E-state index < -0.39 is 18.1 Å². The third-order valence-corrected chi connectivity index (χ3v) is 8.64. The number of carbonyl (C=O) groups is 1. The van der Waals surface area contributed by atoms with E-state index in [1.807, 2.05) is 18.2 Å². The van der Waals surface area contributed by atoms with E-state index in [4.69, 9.17) is 32.7 Å². The van der Waals surface area contributed by atoms with Crippen LogP contribution in [0.2, 0.25) is 10.0 Å². The van der Waals surface area contributed by atoms with Gasteiger partial charge >= 0.3 is 5.97 Å². The number of rotatable bonds is 9. The standard InChI is InChI=1S/C29H35Cl2FN2O4/c1-17(21-9-23(30)12-24(31)10-21)33-7-5-19(6-8-33)15-37-27-13-26(32)22(11-25(27)20-3-4-20)14-34-16-38-18(2)28(34)29(35)36/h9-13,17-20,28H,3-8,14-16H2,1-2H3,(H,35,36)/t17-,18+,28-/m0/s1. The third kappa shape index (κ3) is 6.28. The zero-order valence-electron chi connectivity index (χ0n) is 21.8. The molecule has 5 rings (SSSR count). The van der Waals surface area contributed by atoms with Gasteiger partial charge in [0.1, 0.15) is 24.3 Å². The molecular weight excluding hydrogens is 530 g/mol. The van der Waals surface area contributed by atoms with E-state index >= 15 is 4.39 Å². The van der Waals surface area contributed by atoms with E-state index in [1.165, 1.54) is 6.07 Å². The maximum absolute atomic E-state index is 15.2. The van der Waals surface area contributed by atoms with Gasteiger partial charge in [-0.1, -0.05) is 23.2 Å². The number of carboxylic acids is 1. The molecule has 3 fully saturated rings. The summed E-state index contributed by atoms with van der Waals surface area (Å²) in [4.78, 5) is 15.8. The first-order valence-electron chi connectivity index (χ1n) is 13.4. The Balaban J connectivity index is 1.20. The molecule has 2 aromatic carbocycles. The number of halogens is 3. The van der Waals surface area contributed by atoms with Crippen molar-refractivity contribution in [3.05, 3.63) is 62.9 Å². The fourth-order valence-electron chi connectivity index (χ4n) is 5.72. The maximum Gasteiger partial charge on any atom is 0.323 e. The highest BCUT2D eigenvalue weighted by molar-refractivity contribution is 6.34. The van der Waals surface area contributed by atoms with Crippen molar-refractivity contribution in [2.45, 2.75) is 70.2 Å². The van der Waals surface area contributed by atoms with Gasteiger partial charge in [0.05, 0.1) is 12.7 Å². The van der Waals surface area contributed by atoms with Gasteiger partial charge in [-0.2, -0.15) is 0 Å². The second-order valence-electron chi connectivity index (χ2n) is 11.0. The molecule has 38 heavy (non-hydrogen) atoms. The van der Waals surface area contributed by atoms with E-state index in [0.717, 1.165) is 49.9 Å². The summed E-state index contributed by atoms with van der Waals surface area (Å²) in [5, 5.41) is 10.9. The van der Waals surface area contributed by atoms with Crippen LogP contribution in [-0.4, -0.2) is 59.4 Å². The number of carboxylic acid groups (broad SMARTS) is 1. The molecule has 2 aromatic rings. The van der Waals surface area contributed by atoms with Crippen LogP contribution in [0.4, 0.5) is 4.39 Å². The van der Waals surface area contributed by atoms with Crippen LogP contribution in [0.3, 0.4) is 0 Å². The van der Waals surface area contributed by atoms with Crippen LogP contribution in [0.15, 0.2) is 30.3 Å². The molecule has 1 saturated carbocycles. The highest BCUT2D eigenvalue weighted by Crippen LogP contribution is 2.45. The number of aliphatic carboxylic acids is 1. The molecule has 2 aliphatic heterocycles. The summed E-state index contributed by atoms with van der Waals surface area (Å²) in [7, 11) is 0. The van der Waals surface area contributed by atoms with Crippen molar-refractivity contribution in [2.75, 3.05) is 26.4 Å². The Bertz CT molecular complexity index is 1150. The first kappa shape index (κ1) is 27.7. The first-order valence-corrected chi connectivity index (χ1v) is 14.2. The molecule has 0 spiro atoms. The predicted octanol–water partition coefficient (Wildman–Crippen LogP) is 6.49. The molecule has 2 heterocycles. The molecule has 1 N–H and O–H groups in total. The number of nitrogens with zero attached hydrogens (tertiary/aromatic N) is 2. The summed E-state index contributed by atoms with van der Waals surface area (Å²) < 4.78 is 27.0. The average Bonchev–Trinajstić information content (AvgIpc) is 3.65. The second kappa shape index (κ2) is 11.7. The Morgan fingerprint density at radius 2 is 1.82 bits per heavy atom. The molecular formula is C29H35Cl2FN2O4. The van der Waals surface area contributed by atoms with Gasteiger partial charge in [0.15, 0.2) is 0 Å². The lowest BCUT2D eigenvalue weighted by Crippen LogP contribution is -2.40. The van der Waals surface area contributed by atoms with Gasteiger partial charge in [0.25, 0.3) is 0 Å². The van der Waals surface area contributed by atoms with Crippen LogP contribution in [0.1, 0.15) is 68.2 Å². The fourth-order valence-corrected chi connectivity index (χ4v) is 6.26. The Morgan fingerprint density at radius 1 is 1.13 bits per heavy atom. The minimum absolute atomic E-state index is 0.177. The van der Waals surface area contributed by atoms with Crippen molar-refractivity contribution < 1.29 is 23.8 Å². The summed E-state index contributed by atoms with van der Waals surface area (Å²) in [6.07, 6.45) is 3.70. The van der Waals surface area contributed by atoms with Crippen LogP contribution in [0.25, 0.3) is 0 Å². The maximum atomic E-state index is 15.2. The van der Waals surface area contributed by atoms with Gasteiger partial charge < -0.3 is 14.6 Å². The van der Waals surface area contributed by atoms with Gasteiger partial charge in [0, 0.05) is 34.3 Å². The minimum Gasteiger partial charge on any atom is -0.493 e. The molecule has 0 bridgehead atoms. The largest absolute Gasteiger partial charge is 0.493 e. The van der Waals surface area contributed by atoms with E-state index in [9.17, 15) is 9.90 Å². The SMILES string of the molecule is C[C@H]1OCN(Cc2cc(C3CC3)c(OCC3CCN([C@@H](C)c4cc(Cl)cc(Cl)c4)CC3)cc2F)[C@@H]1C(=O)O. The number of ether oxygens (including phenoxy) is 2. The van der Waals surface area contributed by atoms with Crippen LogP contribution in [0, 0.1) is 11.7 Å². The van der Waals surface area contributed by atoms with Crippen LogP contribution in [-0.2, 0) is 16.1 Å². The van der Waals surface area contributed by atoms with Crippen molar-refractivity contribution in [3.8, 4) is 5.75 Å². The van der Waals surface area contributed by atoms with E-state index in [2.05, 4.69) is 11.8 Å². The lowest BCUT2D eigenvalue weighted by atomic mass is 9.95. The number of hydrogen-bond donors (Lipinski definition) is 1. The number of piperidine rings is 1. The van der Waals surface area contributed by atoms with Gasteiger partial charge in [-0.05, 0) is 99.8 Å². The monoisotopic (exact) mass is 564 g/mol. The van der Waals surface area contributed by atoms with Gasteiger partial charge in [-0.25, -0.2) is 4.39 Å². The Morgan fingerprint density at radius 3 is 2.45 bits per heavy atom. The van der Waals surface area contributed by atoms with Gasteiger partial charge in [-0.3, -0.25) is 14.6 Å². The quantitative estimate of drug-likeness (QED) is 0.375. The highest BCUT2D eigenvalue weighted by atomic mass is 35.5. The summed E-state index contributed by atoms with van der Waals surface area (Å²) in [6, 6.07) is 8.53. The first-order chi connectivity index (χ1) is 18.2. The predicted molar refractivity (Wildman–Crippen MR) is 145 cm³/mol. The Labute approximate surface area is 233 Å². The lowest BCUT2D eigenvalue weighted by Gasteiger charge is -2.36. The molecule has 6 nitrogen and oxygen atoms in total. The summed E-state index contributed by atoms with van der Waals surface area (Å²) in [5.41, 5.74) is 2.64. The molecule has 0 amide bonds. The zero-order chi connectivity index (χ0) is 27.0. The molecule has 9 heteroatoms.